The molecule has 82 valence electrons. The van der Waals surface area contributed by atoms with E-state index in [4.69, 9.17) is 5.84 Å². The van der Waals surface area contributed by atoms with Crippen LogP contribution in [-0.4, -0.2) is 17.5 Å². The number of aromatic nitrogens is 1. The summed E-state index contributed by atoms with van der Waals surface area (Å²) in [5, 5.41) is 0. The van der Waals surface area contributed by atoms with Gasteiger partial charge >= 0.3 is 6.61 Å². The first-order valence-corrected chi connectivity index (χ1v) is 3.66. The summed E-state index contributed by atoms with van der Waals surface area (Å²) < 4.78 is 40.2. The summed E-state index contributed by atoms with van der Waals surface area (Å²) in [4.78, 5) is 14.2. The van der Waals surface area contributed by atoms with Crippen molar-refractivity contribution in [1.82, 2.24) is 10.4 Å². The predicted octanol–water partition coefficient (Wildman–Crippen LogP) is 0.426. The maximum absolute atomic E-state index is 12.7. The molecular weight excluding hydrogens is 215 g/mol. The zero-order chi connectivity index (χ0) is 11.4. The van der Waals surface area contributed by atoms with Gasteiger partial charge in [-0.2, -0.15) is 8.78 Å². The normalized spacial score (nSPS) is 10.2. The lowest BCUT2D eigenvalue weighted by Gasteiger charge is -2.07. The van der Waals surface area contributed by atoms with Gasteiger partial charge in [-0.05, 0) is 6.07 Å². The van der Waals surface area contributed by atoms with Crippen LogP contribution in [0.2, 0.25) is 0 Å². The van der Waals surface area contributed by atoms with Gasteiger partial charge in [-0.1, -0.05) is 0 Å². The van der Waals surface area contributed by atoms with Crippen LogP contribution in [0.15, 0.2) is 12.3 Å². The number of ether oxygens (including phenoxy) is 1. The summed E-state index contributed by atoms with van der Waals surface area (Å²) in [5.74, 6) is 2.24. The number of alkyl halides is 2. The molecule has 1 aromatic heterocycles. The van der Waals surface area contributed by atoms with Crippen LogP contribution in [0, 0.1) is 5.82 Å². The molecule has 0 aliphatic rings. The van der Waals surface area contributed by atoms with Gasteiger partial charge in [0, 0.05) is 0 Å². The van der Waals surface area contributed by atoms with E-state index in [2.05, 4.69) is 9.72 Å². The van der Waals surface area contributed by atoms with E-state index in [9.17, 15) is 18.0 Å². The molecule has 3 N–H and O–H groups in total. The van der Waals surface area contributed by atoms with Gasteiger partial charge in [0.15, 0.2) is 0 Å². The number of amides is 1. The molecule has 0 fully saturated rings. The molecule has 0 spiro atoms. The quantitative estimate of drug-likeness (QED) is 0.440. The number of nitrogens with two attached hydrogens (primary N) is 1. The Morgan fingerprint density at radius 1 is 1.60 bits per heavy atom. The van der Waals surface area contributed by atoms with E-state index in [0.717, 1.165) is 0 Å². The molecule has 1 rings (SSSR count). The number of nitrogen functional groups attached to an aromatic ring is 1. The molecule has 0 aromatic carbocycles. The van der Waals surface area contributed by atoms with Gasteiger partial charge < -0.3 is 4.74 Å². The second-order valence-electron chi connectivity index (χ2n) is 2.36. The van der Waals surface area contributed by atoms with Gasteiger partial charge in [-0.25, -0.2) is 15.2 Å². The fourth-order valence-electron chi connectivity index (χ4n) is 0.845. The van der Waals surface area contributed by atoms with E-state index in [-0.39, 0.29) is 0 Å². The smallest absolute Gasteiger partial charge is 0.388 e. The molecule has 0 unspecified atom stereocenters. The molecule has 0 radical (unpaired) electrons. The van der Waals surface area contributed by atoms with Crippen molar-refractivity contribution in [1.29, 1.82) is 0 Å². The number of hydrogen-bond donors (Lipinski definition) is 2. The highest BCUT2D eigenvalue weighted by Crippen LogP contribution is 2.17. The molecule has 0 saturated carbocycles. The van der Waals surface area contributed by atoms with Crippen molar-refractivity contribution >= 4 is 5.91 Å². The largest absolute Gasteiger partial charge is 0.416 e. The summed E-state index contributed by atoms with van der Waals surface area (Å²) in [5.41, 5.74) is 1.15. The lowest BCUT2D eigenvalue weighted by molar-refractivity contribution is -0.0532. The van der Waals surface area contributed by atoms with Crippen molar-refractivity contribution in [2.45, 2.75) is 6.61 Å². The number of pyridine rings is 1. The highest BCUT2D eigenvalue weighted by atomic mass is 19.3. The zero-order valence-corrected chi connectivity index (χ0v) is 7.21. The van der Waals surface area contributed by atoms with Crippen LogP contribution in [0.25, 0.3) is 0 Å². The van der Waals surface area contributed by atoms with E-state index in [1.807, 2.05) is 0 Å². The summed E-state index contributed by atoms with van der Waals surface area (Å²) in [6, 6.07) is 0.687. The Balaban J connectivity index is 3.08. The minimum atomic E-state index is -3.16. The topological polar surface area (TPSA) is 77.2 Å². The van der Waals surface area contributed by atoms with Crippen LogP contribution in [-0.2, 0) is 0 Å². The lowest BCUT2D eigenvalue weighted by atomic mass is 10.2. The van der Waals surface area contributed by atoms with Gasteiger partial charge in [0.05, 0.1) is 6.20 Å². The highest BCUT2D eigenvalue weighted by Gasteiger charge is 2.17. The minimum absolute atomic E-state index is 0.502. The standard InChI is InChI=1S/C7H6F3N3O2/c8-3-1-4(5(14)13-11)6(12-2-3)15-7(9)10/h1-2,7H,11H2,(H,13,14). The molecule has 8 heteroatoms. The van der Waals surface area contributed by atoms with Gasteiger partial charge in [0.25, 0.3) is 5.91 Å². The first-order chi connectivity index (χ1) is 7.04. The van der Waals surface area contributed by atoms with Crippen molar-refractivity contribution in [2.75, 3.05) is 0 Å². The third kappa shape index (κ3) is 2.81. The van der Waals surface area contributed by atoms with Crippen molar-refractivity contribution in [2.24, 2.45) is 5.84 Å². The maximum Gasteiger partial charge on any atom is 0.388 e. The third-order valence-corrected chi connectivity index (χ3v) is 1.39. The van der Waals surface area contributed by atoms with Crippen LogP contribution in [0.3, 0.4) is 0 Å². The summed E-state index contributed by atoms with van der Waals surface area (Å²) in [6.07, 6.45) is 0.644. The maximum atomic E-state index is 12.7. The fourth-order valence-corrected chi connectivity index (χ4v) is 0.845. The molecule has 1 aromatic rings. The monoisotopic (exact) mass is 221 g/mol. The zero-order valence-electron chi connectivity index (χ0n) is 7.21. The number of halogens is 3. The predicted molar refractivity (Wildman–Crippen MR) is 42.5 cm³/mol. The molecule has 5 nitrogen and oxygen atoms in total. The Morgan fingerprint density at radius 2 is 2.27 bits per heavy atom. The van der Waals surface area contributed by atoms with Crippen LogP contribution >= 0.6 is 0 Å². The second kappa shape index (κ2) is 4.60. The summed E-state index contributed by atoms with van der Waals surface area (Å²) in [6.45, 7) is -3.16. The fraction of sp³-hybridized carbons (Fsp3) is 0.143. The van der Waals surface area contributed by atoms with E-state index >= 15 is 0 Å². The molecule has 0 aliphatic heterocycles. The number of carbonyl (C=O) groups excluding carboxylic acids is 1. The van der Waals surface area contributed by atoms with Crippen LogP contribution in [0.1, 0.15) is 10.4 Å². The molecule has 0 saturated heterocycles. The molecule has 0 bridgehead atoms. The van der Waals surface area contributed by atoms with E-state index < -0.39 is 29.8 Å². The van der Waals surface area contributed by atoms with Crippen LogP contribution in [0.4, 0.5) is 13.2 Å². The van der Waals surface area contributed by atoms with Crippen molar-refractivity contribution in [3.8, 4) is 5.88 Å². The number of nitrogens with zero attached hydrogens (tertiary/aromatic N) is 1. The van der Waals surface area contributed by atoms with Crippen molar-refractivity contribution in [3.63, 3.8) is 0 Å². The van der Waals surface area contributed by atoms with Gasteiger partial charge in [-0.3, -0.25) is 10.2 Å². The Morgan fingerprint density at radius 3 is 2.80 bits per heavy atom. The molecule has 1 amide bonds. The average Bonchev–Trinajstić information content (AvgIpc) is 2.19. The Bertz CT molecular complexity index is 372. The van der Waals surface area contributed by atoms with Crippen LogP contribution in [0.5, 0.6) is 5.88 Å². The van der Waals surface area contributed by atoms with Gasteiger partial charge in [-0.15, -0.1) is 0 Å². The van der Waals surface area contributed by atoms with Crippen molar-refractivity contribution < 1.29 is 22.7 Å². The molecule has 15 heavy (non-hydrogen) atoms. The van der Waals surface area contributed by atoms with Crippen molar-refractivity contribution in [3.05, 3.63) is 23.6 Å². The molecule has 0 aliphatic carbocycles. The number of hydrazine groups is 1. The van der Waals surface area contributed by atoms with Gasteiger partial charge in [0.1, 0.15) is 11.4 Å². The van der Waals surface area contributed by atoms with Gasteiger partial charge in [0.2, 0.25) is 5.88 Å². The van der Waals surface area contributed by atoms with E-state index in [0.29, 0.717) is 12.3 Å². The second-order valence-corrected chi connectivity index (χ2v) is 2.36. The minimum Gasteiger partial charge on any atom is -0.416 e. The average molecular weight is 221 g/mol. The molecule has 1 heterocycles. The molecular formula is C7H6F3N3O2. The van der Waals surface area contributed by atoms with E-state index in [1.165, 1.54) is 0 Å². The first kappa shape index (κ1) is 11.2. The Labute approximate surface area is 82.0 Å². The number of rotatable bonds is 3. The summed E-state index contributed by atoms with van der Waals surface area (Å²) >= 11 is 0. The lowest BCUT2D eigenvalue weighted by Crippen LogP contribution is -2.30. The number of nitrogens with one attached hydrogen (secondary N) is 1. The first-order valence-electron chi connectivity index (χ1n) is 3.66. The third-order valence-electron chi connectivity index (χ3n) is 1.39. The Hall–Kier alpha value is -1.83. The Kier molecular flexibility index (Phi) is 3.45. The summed E-state index contributed by atoms with van der Waals surface area (Å²) in [7, 11) is 0. The number of carbonyl (C=O) groups is 1. The highest BCUT2D eigenvalue weighted by molar-refractivity contribution is 5.95. The van der Waals surface area contributed by atoms with E-state index in [1.54, 1.807) is 5.43 Å². The SMILES string of the molecule is NNC(=O)c1cc(F)cnc1OC(F)F. The number of hydrogen-bond acceptors (Lipinski definition) is 4. The van der Waals surface area contributed by atoms with Crippen LogP contribution < -0.4 is 16.0 Å². The molecule has 0 atom stereocenters.